The minimum absolute atomic E-state index is 0.0987. The molecule has 0 radical (unpaired) electrons. The lowest BCUT2D eigenvalue weighted by Crippen LogP contribution is -1.97. The zero-order valence-corrected chi connectivity index (χ0v) is 9.71. The Hall–Kier alpha value is -1.18. The second-order valence-corrected chi connectivity index (χ2v) is 3.67. The Balaban J connectivity index is 3.92. The summed E-state index contributed by atoms with van der Waals surface area (Å²) in [7, 11) is 0. The maximum atomic E-state index is 11.2. The van der Waals surface area contributed by atoms with Crippen molar-refractivity contribution in [2.45, 2.75) is 46.0 Å². The minimum atomic E-state index is 0.0987. The van der Waals surface area contributed by atoms with Crippen molar-refractivity contribution in [2.24, 2.45) is 0 Å². The molecule has 0 unspecified atom stereocenters. The number of carbonyl (C=O) groups is 2. The Morgan fingerprint density at radius 2 is 1.67 bits per heavy atom. The molecule has 0 aromatic heterocycles. The van der Waals surface area contributed by atoms with Crippen LogP contribution >= 0.6 is 0 Å². The van der Waals surface area contributed by atoms with E-state index in [0.717, 1.165) is 18.4 Å². The summed E-state index contributed by atoms with van der Waals surface area (Å²) < 4.78 is 0. The molecule has 0 aromatic rings. The molecule has 0 spiro atoms. The van der Waals surface area contributed by atoms with Crippen molar-refractivity contribution in [1.82, 2.24) is 0 Å². The molecule has 0 amide bonds. The number of hydrogen-bond acceptors (Lipinski definition) is 2. The van der Waals surface area contributed by atoms with Crippen molar-refractivity contribution in [3.8, 4) is 0 Å². The van der Waals surface area contributed by atoms with E-state index in [4.69, 9.17) is 0 Å². The van der Waals surface area contributed by atoms with Crippen molar-refractivity contribution in [3.05, 3.63) is 24.3 Å². The largest absolute Gasteiger partial charge is 0.299 e. The number of Topliss-reactive ketones (excluding diaryl/α,β-unsaturated/α-hetero) is 1. The second-order valence-electron chi connectivity index (χ2n) is 3.67. The van der Waals surface area contributed by atoms with Crippen molar-refractivity contribution in [3.63, 3.8) is 0 Å². The lowest BCUT2D eigenvalue weighted by Gasteiger charge is -1.98. The van der Waals surface area contributed by atoms with Crippen molar-refractivity contribution >= 4 is 11.6 Å². The Morgan fingerprint density at radius 3 is 2.20 bits per heavy atom. The van der Waals surface area contributed by atoms with E-state index in [1.54, 1.807) is 6.08 Å². The van der Waals surface area contributed by atoms with Crippen LogP contribution in [-0.2, 0) is 9.59 Å². The highest BCUT2D eigenvalue weighted by molar-refractivity contribution is 5.90. The first-order valence-corrected chi connectivity index (χ1v) is 5.50. The molecule has 0 rings (SSSR count). The Labute approximate surface area is 92.1 Å². The van der Waals surface area contributed by atoms with Crippen molar-refractivity contribution in [2.75, 3.05) is 0 Å². The van der Waals surface area contributed by atoms with Gasteiger partial charge in [0.15, 0.2) is 5.78 Å². The first kappa shape index (κ1) is 13.8. The second kappa shape index (κ2) is 8.16. The van der Waals surface area contributed by atoms with E-state index in [1.807, 2.05) is 13.8 Å². The molecule has 0 heterocycles. The Morgan fingerprint density at radius 1 is 1.07 bits per heavy atom. The van der Waals surface area contributed by atoms with Crippen LogP contribution in [0.1, 0.15) is 46.0 Å². The van der Waals surface area contributed by atoms with E-state index in [-0.39, 0.29) is 11.6 Å². The number of rotatable bonds is 8. The SMILES string of the molecule is C=C(C=CC(=O)CCC)CC(=O)CCC. The lowest BCUT2D eigenvalue weighted by molar-refractivity contribution is -0.118. The molecule has 0 aliphatic heterocycles. The van der Waals surface area contributed by atoms with Gasteiger partial charge in [-0.05, 0) is 24.5 Å². The van der Waals surface area contributed by atoms with E-state index in [2.05, 4.69) is 6.58 Å². The van der Waals surface area contributed by atoms with E-state index < -0.39 is 0 Å². The van der Waals surface area contributed by atoms with Crippen molar-refractivity contribution < 1.29 is 9.59 Å². The van der Waals surface area contributed by atoms with Crippen LogP contribution in [0.5, 0.6) is 0 Å². The first-order chi connectivity index (χ1) is 7.10. The van der Waals surface area contributed by atoms with Crippen LogP contribution < -0.4 is 0 Å². The fourth-order valence-corrected chi connectivity index (χ4v) is 1.22. The fraction of sp³-hybridized carbons (Fsp3) is 0.538. The van der Waals surface area contributed by atoms with Crippen LogP contribution in [0.2, 0.25) is 0 Å². The number of carbonyl (C=O) groups excluding carboxylic acids is 2. The Kier molecular flexibility index (Phi) is 7.51. The number of allylic oxidation sites excluding steroid dienone is 3. The van der Waals surface area contributed by atoms with Gasteiger partial charge >= 0.3 is 0 Å². The van der Waals surface area contributed by atoms with Gasteiger partial charge in [-0.2, -0.15) is 0 Å². The van der Waals surface area contributed by atoms with Gasteiger partial charge in [0.25, 0.3) is 0 Å². The van der Waals surface area contributed by atoms with E-state index >= 15 is 0 Å². The third-order valence-electron chi connectivity index (χ3n) is 1.95. The average molecular weight is 208 g/mol. The van der Waals surface area contributed by atoms with E-state index in [9.17, 15) is 9.59 Å². The monoisotopic (exact) mass is 208 g/mol. The molecule has 2 heteroatoms. The van der Waals surface area contributed by atoms with Gasteiger partial charge in [0.05, 0.1) is 0 Å². The molecule has 0 aliphatic rings. The third kappa shape index (κ3) is 7.86. The Bertz CT molecular complexity index is 262. The normalized spacial score (nSPS) is 10.5. The highest BCUT2D eigenvalue weighted by atomic mass is 16.1. The zero-order valence-electron chi connectivity index (χ0n) is 9.71. The van der Waals surface area contributed by atoms with E-state index in [1.165, 1.54) is 6.08 Å². The molecular formula is C13H20O2. The van der Waals surface area contributed by atoms with Gasteiger partial charge in [-0.3, -0.25) is 9.59 Å². The molecule has 15 heavy (non-hydrogen) atoms. The molecule has 0 bridgehead atoms. The minimum Gasteiger partial charge on any atom is -0.299 e. The van der Waals surface area contributed by atoms with Crippen LogP contribution in [0, 0.1) is 0 Å². The summed E-state index contributed by atoms with van der Waals surface area (Å²) in [6.45, 7) is 7.69. The van der Waals surface area contributed by atoms with Crippen LogP contribution in [0.15, 0.2) is 24.3 Å². The maximum Gasteiger partial charge on any atom is 0.155 e. The predicted octanol–water partition coefficient (Wildman–Crippen LogP) is 3.23. The topological polar surface area (TPSA) is 34.1 Å². The molecule has 0 atom stereocenters. The highest BCUT2D eigenvalue weighted by Gasteiger charge is 2.01. The maximum absolute atomic E-state index is 11.2. The molecule has 0 N–H and O–H groups in total. The molecular weight excluding hydrogens is 188 g/mol. The van der Waals surface area contributed by atoms with Crippen LogP contribution in [0.3, 0.4) is 0 Å². The summed E-state index contributed by atoms with van der Waals surface area (Å²) in [5.74, 6) is 0.289. The fourth-order valence-electron chi connectivity index (χ4n) is 1.22. The van der Waals surface area contributed by atoms with Gasteiger partial charge in [0.2, 0.25) is 0 Å². The van der Waals surface area contributed by atoms with Crippen molar-refractivity contribution in [1.29, 1.82) is 0 Å². The molecule has 2 nitrogen and oxygen atoms in total. The van der Waals surface area contributed by atoms with Gasteiger partial charge in [-0.15, -0.1) is 0 Å². The molecule has 0 aliphatic carbocycles. The summed E-state index contributed by atoms with van der Waals surface area (Å²) >= 11 is 0. The first-order valence-electron chi connectivity index (χ1n) is 5.50. The van der Waals surface area contributed by atoms with Crippen LogP contribution in [0.25, 0.3) is 0 Å². The summed E-state index contributed by atoms with van der Waals surface area (Å²) in [4.78, 5) is 22.4. The van der Waals surface area contributed by atoms with E-state index in [0.29, 0.717) is 19.3 Å². The van der Waals surface area contributed by atoms with Gasteiger partial charge in [0, 0.05) is 19.3 Å². The summed E-state index contributed by atoms with van der Waals surface area (Å²) in [6, 6.07) is 0. The molecule has 0 saturated carbocycles. The zero-order chi connectivity index (χ0) is 11.7. The van der Waals surface area contributed by atoms with Crippen LogP contribution in [-0.4, -0.2) is 11.6 Å². The predicted molar refractivity (Wildman–Crippen MR) is 62.7 cm³/mol. The van der Waals surface area contributed by atoms with Gasteiger partial charge in [0.1, 0.15) is 5.78 Å². The van der Waals surface area contributed by atoms with Gasteiger partial charge in [-0.25, -0.2) is 0 Å². The number of ketones is 2. The highest BCUT2D eigenvalue weighted by Crippen LogP contribution is 2.05. The average Bonchev–Trinajstić information content (AvgIpc) is 2.15. The van der Waals surface area contributed by atoms with Gasteiger partial charge in [-0.1, -0.05) is 26.5 Å². The molecule has 0 fully saturated rings. The summed E-state index contributed by atoms with van der Waals surface area (Å²) in [5, 5.41) is 0. The molecule has 84 valence electrons. The molecule has 0 saturated heterocycles. The van der Waals surface area contributed by atoms with Crippen LogP contribution in [0.4, 0.5) is 0 Å². The number of hydrogen-bond donors (Lipinski definition) is 0. The quantitative estimate of drug-likeness (QED) is 0.453. The smallest absolute Gasteiger partial charge is 0.155 e. The standard InChI is InChI=1S/C13H20O2/c1-4-6-12(14)9-8-11(3)10-13(15)7-5-2/h8-9H,3-7,10H2,1-2H3. The van der Waals surface area contributed by atoms with Gasteiger partial charge < -0.3 is 0 Å². The lowest BCUT2D eigenvalue weighted by atomic mass is 10.1. The third-order valence-corrected chi connectivity index (χ3v) is 1.95. The summed E-state index contributed by atoms with van der Waals surface area (Å²) in [6.07, 6.45) is 6.41. The summed E-state index contributed by atoms with van der Waals surface area (Å²) in [5.41, 5.74) is 0.720. The molecule has 0 aromatic carbocycles.